The van der Waals surface area contributed by atoms with Crippen LogP contribution in [0.5, 0.6) is 0 Å². The van der Waals surface area contributed by atoms with Crippen LogP contribution in [-0.4, -0.2) is 30.3 Å². The average molecular weight is 161 g/mol. The van der Waals surface area contributed by atoms with Crippen LogP contribution in [-0.2, 0) is 9.53 Å². The van der Waals surface area contributed by atoms with Crippen molar-refractivity contribution in [3.05, 3.63) is 0 Å². The van der Waals surface area contributed by atoms with Gasteiger partial charge in [-0.15, -0.1) is 0 Å². The Morgan fingerprint density at radius 1 is 1.82 bits per heavy atom. The highest BCUT2D eigenvalue weighted by Crippen LogP contribution is 2.05. The molecule has 0 saturated carbocycles. The highest BCUT2D eigenvalue weighted by Gasteiger charge is 2.16. The van der Waals surface area contributed by atoms with Gasteiger partial charge in [-0.1, -0.05) is 6.92 Å². The molecule has 1 unspecified atom stereocenters. The molecule has 0 aliphatic carbocycles. The van der Waals surface area contributed by atoms with E-state index in [9.17, 15) is 4.79 Å². The Morgan fingerprint density at radius 3 is 2.64 bits per heavy atom. The smallest absolute Gasteiger partial charge is 0.308 e. The Bertz CT molecular complexity index is 116. The van der Waals surface area contributed by atoms with Crippen molar-refractivity contribution in [2.75, 3.05) is 13.2 Å². The zero-order valence-corrected chi connectivity index (χ0v) is 6.75. The van der Waals surface area contributed by atoms with Gasteiger partial charge in [0.15, 0.2) is 0 Å². The molecular weight excluding hydrogens is 146 g/mol. The van der Waals surface area contributed by atoms with Crippen molar-refractivity contribution in [3.8, 4) is 0 Å². The summed E-state index contributed by atoms with van der Waals surface area (Å²) in [4.78, 5) is 10.3. The van der Waals surface area contributed by atoms with Gasteiger partial charge >= 0.3 is 5.97 Å². The van der Waals surface area contributed by atoms with Gasteiger partial charge in [0.25, 0.3) is 0 Å². The minimum absolute atomic E-state index is 0.167. The minimum Gasteiger partial charge on any atom is -0.465 e. The number of aliphatic hydroxyl groups is 1. The lowest BCUT2D eigenvalue weighted by molar-refractivity contribution is -0.151. The summed E-state index contributed by atoms with van der Waals surface area (Å²) in [5, 5.41) is 8.78. The quantitative estimate of drug-likeness (QED) is 0.476. The molecule has 1 saturated heterocycles. The first-order valence-electron chi connectivity index (χ1n) is 3.74. The Balaban J connectivity index is 0.000000292. The van der Waals surface area contributed by atoms with Gasteiger partial charge in [-0.2, -0.15) is 0 Å². The average Bonchev–Trinajstić information content (AvgIpc) is 1.88. The van der Waals surface area contributed by atoms with Gasteiger partial charge in [-0.05, 0) is 6.54 Å². The van der Waals surface area contributed by atoms with E-state index in [0.29, 0.717) is 13.0 Å². The number of nitrogens with two attached hydrogens (primary N) is 1. The molecule has 66 valence electrons. The Labute approximate surface area is 66.3 Å². The maximum atomic E-state index is 10.3. The SMILES string of the molecule is CCN.O=C1CC(O)CCO1. The number of carbonyl (C=O) groups is 1. The summed E-state index contributed by atoms with van der Waals surface area (Å²) in [6.45, 7) is 3.03. The molecule has 3 N–H and O–H groups in total. The van der Waals surface area contributed by atoms with Crippen LogP contribution in [0.25, 0.3) is 0 Å². The fraction of sp³-hybridized carbons (Fsp3) is 0.857. The van der Waals surface area contributed by atoms with Crippen molar-refractivity contribution in [3.63, 3.8) is 0 Å². The van der Waals surface area contributed by atoms with Gasteiger partial charge in [-0.25, -0.2) is 0 Å². The van der Waals surface area contributed by atoms with Crippen molar-refractivity contribution in [2.45, 2.75) is 25.9 Å². The lowest BCUT2D eigenvalue weighted by Gasteiger charge is -2.15. The summed E-state index contributed by atoms with van der Waals surface area (Å²) in [5.74, 6) is -0.288. The molecule has 0 aromatic heterocycles. The van der Waals surface area contributed by atoms with Crippen molar-refractivity contribution < 1.29 is 14.6 Å². The van der Waals surface area contributed by atoms with E-state index in [2.05, 4.69) is 4.74 Å². The molecule has 1 atom stereocenters. The largest absolute Gasteiger partial charge is 0.465 e. The number of hydrogen-bond acceptors (Lipinski definition) is 4. The summed E-state index contributed by atoms with van der Waals surface area (Å²) >= 11 is 0. The van der Waals surface area contributed by atoms with Crippen LogP contribution in [0.15, 0.2) is 0 Å². The minimum atomic E-state index is -0.462. The molecule has 11 heavy (non-hydrogen) atoms. The van der Waals surface area contributed by atoms with E-state index in [-0.39, 0.29) is 12.4 Å². The highest BCUT2D eigenvalue weighted by atomic mass is 16.5. The topological polar surface area (TPSA) is 72.6 Å². The van der Waals surface area contributed by atoms with Gasteiger partial charge in [-0.3, -0.25) is 4.79 Å². The second-order valence-electron chi connectivity index (χ2n) is 2.28. The summed E-state index contributed by atoms with van der Waals surface area (Å²) in [5.41, 5.74) is 4.85. The molecule has 1 rings (SSSR count). The fourth-order valence-electron chi connectivity index (χ4n) is 0.662. The normalized spacial score (nSPS) is 23.2. The van der Waals surface area contributed by atoms with E-state index in [0.717, 1.165) is 6.54 Å². The third-order valence-corrected chi connectivity index (χ3v) is 1.12. The summed E-state index contributed by atoms with van der Waals surface area (Å²) in [6, 6.07) is 0. The molecule has 1 fully saturated rings. The predicted octanol–water partition coefficient (Wildman–Crippen LogP) is -0.351. The highest BCUT2D eigenvalue weighted by molar-refractivity contribution is 5.70. The molecule has 0 amide bonds. The number of aliphatic hydroxyl groups excluding tert-OH is 1. The Hall–Kier alpha value is -0.610. The van der Waals surface area contributed by atoms with E-state index >= 15 is 0 Å². The molecule has 1 aliphatic rings. The molecule has 4 nitrogen and oxygen atoms in total. The second-order valence-corrected chi connectivity index (χ2v) is 2.28. The molecule has 0 spiro atoms. The molecule has 1 aliphatic heterocycles. The van der Waals surface area contributed by atoms with Crippen LogP contribution in [0.2, 0.25) is 0 Å². The van der Waals surface area contributed by atoms with E-state index in [4.69, 9.17) is 10.8 Å². The first-order chi connectivity index (χ1) is 5.20. The van der Waals surface area contributed by atoms with E-state index in [1.165, 1.54) is 0 Å². The monoisotopic (exact) mass is 161 g/mol. The van der Waals surface area contributed by atoms with E-state index in [1.54, 1.807) is 0 Å². The Morgan fingerprint density at radius 2 is 2.36 bits per heavy atom. The van der Waals surface area contributed by atoms with Gasteiger partial charge in [0.1, 0.15) is 0 Å². The number of hydrogen-bond donors (Lipinski definition) is 2. The summed E-state index contributed by atoms with van der Waals surface area (Å²) in [7, 11) is 0. The molecule has 1 heterocycles. The second kappa shape index (κ2) is 6.12. The fourth-order valence-corrected chi connectivity index (χ4v) is 0.662. The van der Waals surface area contributed by atoms with Crippen LogP contribution < -0.4 is 5.73 Å². The first kappa shape index (κ1) is 10.4. The molecule has 0 radical (unpaired) electrons. The first-order valence-corrected chi connectivity index (χ1v) is 3.74. The lowest BCUT2D eigenvalue weighted by Crippen LogP contribution is -2.24. The number of rotatable bonds is 0. The van der Waals surface area contributed by atoms with Crippen molar-refractivity contribution in [1.82, 2.24) is 0 Å². The number of cyclic esters (lactones) is 1. The number of carbonyl (C=O) groups excluding carboxylic acids is 1. The summed E-state index contributed by atoms with van der Waals surface area (Å²) < 4.78 is 4.55. The van der Waals surface area contributed by atoms with E-state index < -0.39 is 6.10 Å². The zero-order chi connectivity index (χ0) is 8.69. The van der Waals surface area contributed by atoms with Gasteiger partial charge in [0.2, 0.25) is 0 Å². The van der Waals surface area contributed by atoms with Crippen LogP contribution in [0.1, 0.15) is 19.8 Å². The number of ether oxygens (including phenoxy) is 1. The molecule has 0 bridgehead atoms. The van der Waals surface area contributed by atoms with Gasteiger partial charge in [0, 0.05) is 6.42 Å². The van der Waals surface area contributed by atoms with Gasteiger partial charge < -0.3 is 15.6 Å². The Kier molecular flexibility index (Phi) is 5.78. The molecular formula is C7H15NO3. The summed E-state index contributed by atoms with van der Waals surface area (Å²) in [6.07, 6.45) is 0.294. The van der Waals surface area contributed by atoms with Crippen molar-refractivity contribution in [2.24, 2.45) is 5.73 Å². The zero-order valence-electron chi connectivity index (χ0n) is 6.75. The molecule has 0 aromatic carbocycles. The van der Waals surface area contributed by atoms with Crippen LogP contribution >= 0.6 is 0 Å². The van der Waals surface area contributed by atoms with Crippen molar-refractivity contribution in [1.29, 1.82) is 0 Å². The van der Waals surface area contributed by atoms with Crippen molar-refractivity contribution >= 4 is 5.97 Å². The van der Waals surface area contributed by atoms with Gasteiger partial charge in [0.05, 0.1) is 19.1 Å². The third-order valence-electron chi connectivity index (χ3n) is 1.12. The van der Waals surface area contributed by atoms with Crippen LogP contribution in [0.3, 0.4) is 0 Å². The predicted molar refractivity (Wildman–Crippen MR) is 40.9 cm³/mol. The standard InChI is InChI=1S/C5H8O3.C2H7N/c6-4-1-2-8-5(7)3-4;1-2-3/h4,6H,1-3H2;2-3H2,1H3. The van der Waals surface area contributed by atoms with E-state index in [1.807, 2.05) is 6.92 Å². The van der Waals surface area contributed by atoms with Crippen LogP contribution in [0.4, 0.5) is 0 Å². The molecule has 4 heteroatoms. The maximum Gasteiger partial charge on any atom is 0.308 e. The maximum absolute atomic E-state index is 10.3. The third kappa shape index (κ3) is 5.82. The lowest BCUT2D eigenvalue weighted by atomic mass is 10.2. The molecule has 0 aromatic rings. The van der Waals surface area contributed by atoms with Crippen LogP contribution in [0, 0.1) is 0 Å². The number of esters is 1.